The summed E-state index contributed by atoms with van der Waals surface area (Å²) in [5.74, 6) is -2.88. The Bertz CT molecular complexity index is 1870. The average molecular weight is 949 g/mol. The van der Waals surface area contributed by atoms with E-state index in [2.05, 4.69) is 88.0 Å². The summed E-state index contributed by atoms with van der Waals surface area (Å²) in [6, 6.07) is 20.2. The van der Waals surface area contributed by atoms with Gasteiger partial charge in [-0.05, 0) is 81.8 Å². The molecule has 0 bridgehead atoms. The molecule has 3 aromatic carbocycles. The molecule has 0 unspecified atom stereocenters. The number of allylic oxidation sites excluding steroid dienone is 3. The molecule has 18 heteroatoms. The van der Waals surface area contributed by atoms with Crippen molar-refractivity contribution < 1.29 is 72.3 Å². The fourth-order valence-electron chi connectivity index (χ4n) is 5.99. The van der Waals surface area contributed by atoms with Crippen molar-refractivity contribution >= 4 is 80.5 Å². The molecular formula is C47H60O15Si3. The Kier molecular flexibility index (Phi) is 23.3. The highest BCUT2D eigenvalue weighted by molar-refractivity contribution is 6.59. The number of hydrogen-bond donors (Lipinski definition) is 0. The quantitative estimate of drug-likeness (QED) is 0.0383. The lowest BCUT2D eigenvalue weighted by molar-refractivity contribution is -0.216. The molecule has 3 aromatic rings. The lowest BCUT2D eigenvalue weighted by atomic mass is 9.94. The summed E-state index contributed by atoms with van der Waals surface area (Å²) >= 11 is 0. The summed E-state index contributed by atoms with van der Waals surface area (Å²) in [6.07, 6.45) is 1.52. The third-order valence-electron chi connectivity index (χ3n) is 10.3. The highest BCUT2D eigenvalue weighted by Gasteiger charge is 2.33. The number of benzene rings is 3. The lowest BCUT2D eigenvalue weighted by Crippen LogP contribution is -2.37. The number of ether oxygens (including phenoxy) is 3. The van der Waals surface area contributed by atoms with Crippen molar-refractivity contribution in [1.29, 1.82) is 0 Å². The van der Waals surface area contributed by atoms with E-state index >= 15 is 0 Å². The summed E-state index contributed by atoms with van der Waals surface area (Å²) < 4.78 is 15.3. The van der Waals surface area contributed by atoms with E-state index < -0.39 is 90.2 Å². The second kappa shape index (κ2) is 28.5. The van der Waals surface area contributed by atoms with Crippen LogP contribution in [-0.2, 0) is 43.5 Å². The summed E-state index contributed by atoms with van der Waals surface area (Å²) in [5.41, 5.74) is 9.78. The summed E-state index contributed by atoms with van der Waals surface area (Å²) in [7, 11) is -2.03. The summed E-state index contributed by atoms with van der Waals surface area (Å²) in [4.78, 5) is 103. The van der Waals surface area contributed by atoms with Gasteiger partial charge < -0.3 is 14.2 Å². The molecule has 3 rings (SSSR count). The largest absolute Gasteiger partial charge is 0.549 e. The molecule has 0 radical (unpaired) electrons. The minimum atomic E-state index is -1.56. The number of rotatable bonds is 21. The molecule has 0 fully saturated rings. The molecule has 0 saturated carbocycles. The van der Waals surface area contributed by atoms with Crippen LogP contribution < -0.4 is 15.6 Å². The zero-order valence-corrected chi connectivity index (χ0v) is 42.5. The van der Waals surface area contributed by atoms with E-state index in [9.17, 15) is 28.8 Å². The standard InChI is InChI=1S/C47H60O15Si3/c1-8-32(9-2)26-63-38-20-14-35(15-21-38)41(48)57-60-44(51)54-29-47(7,30-55-45(52)61-58-42(49)36-16-22-39(23-17-36)64-27-33(10-3)11-4)31-56-46(53)62-59-43(50)37-18-24-40(25-19-37)65-28-34(12-5)13-6/h14-28H,8-13,29-31,63-65H2,1-7H3. The van der Waals surface area contributed by atoms with Crippen LogP contribution in [0.25, 0.3) is 0 Å². The predicted octanol–water partition coefficient (Wildman–Crippen LogP) is 6.26. The molecule has 0 saturated heterocycles. The van der Waals surface area contributed by atoms with Gasteiger partial charge in [-0.2, -0.15) is 14.4 Å². The first-order valence-corrected chi connectivity index (χ1v) is 26.3. The Morgan fingerprint density at radius 3 is 0.846 bits per heavy atom. The SMILES string of the molecule is CCC(=C[SiH2]c1ccc(C(=O)OOC(=O)OCC(C)(COC(=O)OOC(=O)c2ccc([SiH2]C=C(CC)CC)cc2)COC(=O)OOC(=O)c2ccc([SiH2]C=C(CC)CC)cc2)cc1)CC. The fourth-order valence-corrected chi connectivity index (χ4v) is 10.8. The van der Waals surface area contributed by atoms with Gasteiger partial charge >= 0.3 is 36.4 Å². The number of carbonyl (C=O) groups excluding carboxylic acids is 6. The first kappa shape index (κ1) is 53.1. The van der Waals surface area contributed by atoms with Gasteiger partial charge in [0.2, 0.25) is 0 Å². The van der Waals surface area contributed by atoms with E-state index in [1.54, 1.807) is 36.4 Å². The van der Waals surface area contributed by atoms with Gasteiger partial charge in [-0.1, -0.05) is 127 Å². The lowest BCUT2D eigenvalue weighted by Gasteiger charge is -2.26. The molecule has 65 heavy (non-hydrogen) atoms. The van der Waals surface area contributed by atoms with Crippen molar-refractivity contribution in [1.82, 2.24) is 0 Å². The van der Waals surface area contributed by atoms with Crippen molar-refractivity contribution in [3.05, 3.63) is 123 Å². The van der Waals surface area contributed by atoms with Gasteiger partial charge in [-0.25, -0.2) is 43.7 Å². The molecule has 0 N–H and O–H groups in total. The normalized spacial score (nSPS) is 11.9. The van der Waals surface area contributed by atoms with Crippen molar-refractivity contribution in [2.24, 2.45) is 5.41 Å². The Morgan fingerprint density at radius 2 is 0.631 bits per heavy atom. The minimum absolute atomic E-state index is 0.129. The van der Waals surface area contributed by atoms with Crippen LogP contribution in [0.2, 0.25) is 0 Å². The molecule has 0 amide bonds. The molecule has 0 heterocycles. The Labute approximate surface area is 387 Å². The van der Waals surface area contributed by atoms with Crippen LogP contribution in [0.5, 0.6) is 0 Å². The van der Waals surface area contributed by atoms with E-state index in [1.165, 1.54) is 23.6 Å². The zero-order chi connectivity index (χ0) is 47.6. The highest BCUT2D eigenvalue weighted by atomic mass is 28.2. The molecule has 0 atom stereocenters. The minimum Gasteiger partial charge on any atom is -0.431 e. The van der Waals surface area contributed by atoms with E-state index in [1.807, 2.05) is 36.4 Å². The molecule has 0 aliphatic heterocycles. The Balaban J connectivity index is 1.58. The maximum atomic E-state index is 12.6. The zero-order valence-electron chi connectivity index (χ0n) is 38.3. The number of carbonyl (C=O) groups is 6. The molecule has 15 nitrogen and oxygen atoms in total. The maximum Gasteiger partial charge on any atom is 0.549 e. The molecule has 0 aliphatic rings. The summed E-state index contributed by atoms with van der Waals surface area (Å²) in [6.45, 7) is 12.0. The molecule has 0 aromatic heterocycles. The third kappa shape index (κ3) is 19.6. The Hall–Kier alpha value is -6.25. The van der Waals surface area contributed by atoms with Crippen LogP contribution in [0.15, 0.2) is 107 Å². The highest BCUT2D eigenvalue weighted by Crippen LogP contribution is 2.20. The molecular weight excluding hydrogens is 889 g/mol. The Morgan fingerprint density at radius 1 is 0.400 bits per heavy atom. The predicted molar refractivity (Wildman–Crippen MR) is 252 cm³/mol. The van der Waals surface area contributed by atoms with Crippen LogP contribution in [0.3, 0.4) is 0 Å². The summed E-state index contributed by atoms with van der Waals surface area (Å²) in [5, 5.41) is 3.32. The van der Waals surface area contributed by atoms with E-state index in [4.69, 9.17) is 14.2 Å². The van der Waals surface area contributed by atoms with Gasteiger partial charge in [-0.15, -0.1) is 0 Å². The second-order valence-electron chi connectivity index (χ2n) is 15.2. The van der Waals surface area contributed by atoms with Gasteiger partial charge in [0.05, 0.1) is 50.7 Å². The van der Waals surface area contributed by atoms with Gasteiger partial charge in [0.1, 0.15) is 19.8 Å². The second-order valence-corrected chi connectivity index (χ2v) is 20.1. The van der Waals surface area contributed by atoms with Crippen molar-refractivity contribution in [2.45, 2.75) is 87.0 Å². The maximum absolute atomic E-state index is 12.6. The van der Waals surface area contributed by atoms with Gasteiger partial charge in [0.15, 0.2) is 0 Å². The average Bonchev–Trinajstić information content (AvgIpc) is 3.33. The molecule has 350 valence electrons. The van der Waals surface area contributed by atoms with Gasteiger partial charge in [0.25, 0.3) is 0 Å². The molecule has 0 spiro atoms. The first-order valence-electron chi connectivity index (χ1n) is 21.7. The first-order chi connectivity index (χ1) is 31.2. The van der Waals surface area contributed by atoms with Crippen molar-refractivity contribution in [3.8, 4) is 0 Å². The van der Waals surface area contributed by atoms with E-state index in [-0.39, 0.29) is 16.7 Å². The van der Waals surface area contributed by atoms with Crippen LogP contribution in [0, 0.1) is 5.41 Å². The van der Waals surface area contributed by atoms with Crippen LogP contribution >= 0.6 is 0 Å². The third-order valence-corrected chi connectivity index (χ3v) is 15.5. The van der Waals surface area contributed by atoms with Crippen molar-refractivity contribution in [2.75, 3.05) is 19.8 Å². The van der Waals surface area contributed by atoms with Crippen molar-refractivity contribution in [3.63, 3.8) is 0 Å². The number of hydrogen-bond acceptors (Lipinski definition) is 15. The van der Waals surface area contributed by atoms with Crippen LogP contribution in [0.1, 0.15) is 118 Å². The fraction of sp³-hybridized carbons (Fsp3) is 0.362. The van der Waals surface area contributed by atoms with E-state index in [0.717, 1.165) is 54.1 Å². The van der Waals surface area contributed by atoms with Crippen LogP contribution in [0.4, 0.5) is 14.4 Å². The molecule has 0 aliphatic carbocycles. The van der Waals surface area contributed by atoms with Gasteiger partial charge in [-0.3, -0.25) is 0 Å². The monoisotopic (exact) mass is 948 g/mol. The topological polar surface area (TPSA) is 185 Å². The van der Waals surface area contributed by atoms with Crippen LogP contribution in [-0.4, -0.2) is 84.8 Å². The van der Waals surface area contributed by atoms with Gasteiger partial charge in [0, 0.05) is 0 Å². The smallest absolute Gasteiger partial charge is 0.431 e. The van der Waals surface area contributed by atoms with E-state index in [0.29, 0.717) is 0 Å².